The van der Waals surface area contributed by atoms with E-state index in [2.05, 4.69) is 31.0 Å². The lowest BCUT2D eigenvalue weighted by molar-refractivity contribution is -0.131. The Hall–Kier alpha value is -3.45. The van der Waals surface area contributed by atoms with Crippen LogP contribution in [0, 0.1) is 0 Å². The molecule has 1 aliphatic heterocycles. The third-order valence-corrected chi connectivity index (χ3v) is 6.88. The standard InChI is InChI=1S/C28H34N2O5/c1-18-22(13-19-14-25(33-4)28(35-6)26(15-19)34-5)21-8-7-20(32-3)16-24(21)23(18)17-27(31)30-11-9-29(2)10-12-30/h7-8,13-16H,9-12,17H2,1-6H3/b22-13-. The number of methoxy groups -OCH3 is 4. The number of piperazine rings is 1. The van der Waals surface area contributed by atoms with Crippen LogP contribution in [0.15, 0.2) is 35.9 Å². The minimum Gasteiger partial charge on any atom is -0.497 e. The number of ether oxygens (including phenoxy) is 4. The summed E-state index contributed by atoms with van der Waals surface area (Å²) in [7, 11) is 8.57. The first-order valence-corrected chi connectivity index (χ1v) is 11.8. The molecule has 0 unspecified atom stereocenters. The van der Waals surface area contributed by atoms with Gasteiger partial charge < -0.3 is 28.7 Å². The molecule has 2 aromatic carbocycles. The van der Waals surface area contributed by atoms with Gasteiger partial charge in [-0.25, -0.2) is 0 Å². The molecule has 1 fully saturated rings. The first-order chi connectivity index (χ1) is 16.9. The molecule has 1 heterocycles. The van der Waals surface area contributed by atoms with E-state index < -0.39 is 0 Å². The number of carbonyl (C=O) groups excluding carboxylic acids is 1. The molecule has 1 aliphatic carbocycles. The lowest BCUT2D eigenvalue weighted by Gasteiger charge is -2.32. The van der Waals surface area contributed by atoms with Crippen molar-refractivity contribution in [3.63, 3.8) is 0 Å². The molecule has 4 rings (SSSR count). The second kappa shape index (κ2) is 10.4. The average Bonchev–Trinajstić information content (AvgIpc) is 3.13. The fourth-order valence-electron chi connectivity index (χ4n) is 4.79. The molecular formula is C28H34N2O5. The molecule has 0 N–H and O–H groups in total. The van der Waals surface area contributed by atoms with Gasteiger partial charge in [0.1, 0.15) is 5.75 Å². The van der Waals surface area contributed by atoms with Crippen LogP contribution in [0.3, 0.4) is 0 Å². The highest BCUT2D eigenvalue weighted by molar-refractivity contribution is 6.08. The molecule has 1 saturated heterocycles. The zero-order valence-corrected chi connectivity index (χ0v) is 21.4. The van der Waals surface area contributed by atoms with Gasteiger partial charge in [0.2, 0.25) is 11.7 Å². The van der Waals surface area contributed by atoms with Crippen LogP contribution >= 0.6 is 0 Å². The minimum atomic E-state index is 0.162. The molecule has 0 aromatic heterocycles. The first-order valence-electron chi connectivity index (χ1n) is 11.8. The molecule has 1 amide bonds. The van der Waals surface area contributed by atoms with Crippen LogP contribution < -0.4 is 18.9 Å². The van der Waals surface area contributed by atoms with E-state index in [1.165, 1.54) is 0 Å². The van der Waals surface area contributed by atoms with E-state index in [4.69, 9.17) is 18.9 Å². The highest BCUT2D eigenvalue weighted by atomic mass is 16.5. The van der Waals surface area contributed by atoms with Crippen molar-refractivity contribution in [1.29, 1.82) is 0 Å². The molecule has 7 nitrogen and oxygen atoms in total. The zero-order valence-electron chi connectivity index (χ0n) is 21.4. The second-order valence-corrected chi connectivity index (χ2v) is 8.89. The maximum atomic E-state index is 13.2. The summed E-state index contributed by atoms with van der Waals surface area (Å²) in [5, 5.41) is 0. The van der Waals surface area contributed by atoms with Gasteiger partial charge in [-0.1, -0.05) is 6.07 Å². The van der Waals surface area contributed by atoms with E-state index in [1.807, 2.05) is 29.2 Å². The summed E-state index contributed by atoms with van der Waals surface area (Å²) in [6.07, 6.45) is 2.47. The third kappa shape index (κ3) is 4.86. The number of likely N-dealkylation sites (N-methyl/N-ethyl adjacent to an activating group) is 1. The van der Waals surface area contributed by atoms with Crippen LogP contribution in [0.2, 0.25) is 0 Å². The predicted octanol–water partition coefficient (Wildman–Crippen LogP) is 4.21. The lowest BCUT2D eigenvalue weighted by atomic mass is 10.00. The molecule has 0 atom stereocenters. The maximum absolute atomic E-state index is 13.2. The van der Waals surface area contributed by atoms with Crippen molar-refractivity contribution < 1.29 is 23.7 Å². The monoisotopic (exact) mass is 478 g/mol. The maximum Gasteiger partial charge on any atom is 0.227 e. The molecule has 0 spiro atoms. The highest BCUT2D eigenvalue weighted by Gasteiger charge is 2.28. The average molecular weight is 479 g/mol. The van der Waals surface area contributed by atoms with E-state index in [0.29, 0.717) is 23.7 Å². The molecule has 0 bridgehead atoms. The van der Waals surface area contributed by atoms with E-state index >= 15 is 0 Å². The fraction of sp³-hybridized carbons (Fsp3) is 0.393. The van der Waals surface area contributed by atoms with Crippen LogP contribution in [0.1, 0.15) is 30.0 Å². The van der Waals surface area contributed by atoms with Crippen molar-refractivity contribution in [2.75, 3.05) is 61.7 Å². The van der Waals surface area contributed by atoms with Gasteiger partial charge in [-0.2, -0.15) is 0 Å². The topological polar surface area (TPSA) is 60.5 Å². The molecule has 35 heavy (non-hydrogen) atoms. The number of nitrogens with zero attached hydrogens (tertiary/aromatic N) is 2. The molecule has 2 aromatic rings. The van der Waals surface area contributed by atoms with Crippen molar-refractivity contribution in [1.82, 2.24) is 9.80 Å². The van der Waals surface area contributed by atoms with Gasteiger partial charge in [-0.15, -0.1) is 0 Å². The summed E-state index contributed by atoms with van der Waals surface area (Å²) >= 11 is 0. The van der Waals surface area contributed by atoms with Gasteiger partial charge in [0.15, 0.2) is 11.5 Å². The Morgan fingerprint density at radius 3 is 2.11 bits per heavy atom. The Balaban J connectivity index is 1.76. The van der Waals surface area contributed by atoms with E-state index in [-0.39, 0.29) is 5.91 Å². The van der Waals surface area contributed by atoms with E-state index in [9.17, 15) is 4.79 Å². The number of carbonyl (C=O) groups is 1. The number of rotatable bonds is 7. The van der Waals surface area contributed by atoms with Gasteiger partial charge in [-0.3, -0.25) is 4.79 Å². The highest BCUT2D eigenvalue weighted by Crippen LogP contribution is 2.46. The lowest BCUT2D eigenvalue weighted by Crippen LogP contribution is -2.47. The Bertz CT molecular complexity index is 1150. The minimum absolute atomic E-state index is 0.162. The van der Waals surface area contributed by atoms with Crippen LogP contribution in [-0.2, 0) is 4.79 Å². The number of allylic oxidation sites excluding steroid dienone is 2. The Labute approximate surface area is 207 Å². The number of hydrogen-bond acceptors (Lipinski definition) is 6. The number of amides is 1. The fourth-order valence-corrected chi connectivity index (χ4v) is 4.79. The molecule has 0 radical (unpaired) electrons. The SMILES string of the molecule is COc1ccc2c(c1)C(CC(=O)N1CCN(C)CC1)=C(C)/C2=C/c1cc(OC)c(OC)c(OC)c1. The second-order valence-electron chi connectivity index (χ2n) is 8.89. The van der Waals surface area contributed by atoms with Crippen LogP contribution in [0.4, 0.5) is 0 Å². The molecule has 0 saturated carbocycles. The Morgan fingerprint density at radius 1 is 0.886 bits per heavy atom. The van der Waals surface area contributed by atoms with Gasteiger partial charge >= 0.3 is 0 Å². The van der Waals surface area contributed by atoms with Gasteiger partial charge in [0.05, 0.1) is 34.9 Å². The van der Waals surface area contributed by atoms with Crippen LogP contribution in [0.25, 0.3) is 17.2 Å². The molecular weight excluding hydrogens is 444 g/mol. The quantitative estimate of drug-likeness (QED) is 0.594. The normalized spacial score (nSPS) is 17.0. The summed E-state index contributed by atoms with van der Waals surface area (Å²) in [6.45, 7) is 5.42. The zero-order chi connectivity index (χ0) is 25.1. The Kier molecular flexibility index (Phi) is 7.36. The largest absolute Gasteiger partial charge is 0.497 e. The van der Waals surface area contributed by atoms with Gasteiger partial charge in [-0.05, 0) is 77.7 Å². The van der Waals surface area contributed by atoms with Crippen LogP contribution in [-0.4, -0.2) is 77.4 Å². The summed E-state index contributed by atoms with van der Waals surface area (Å²) in [4.78, 5) is 17.5. The van der Waals surface area contributed by atoms with E-state index in [0.717, 1.165) is 65.3 Å². The van der Waals surface area contributed by atoms with Crippen LogP contribution in [0.5, 0.6) is 23.0 Å². The first kappa shape index (κ1) is 24.7. The van der Waals surface area contributed by atoms with E-state index in [1.54, 1.807) is 28.4 Å². The third-order valence-electron chi connectivity index (χ3n) is 6.88. The molecule has 186 valence electrons. The van der Waals surface area contributed by atoms with Crippen molar-refractivity contribution in [2.24, 2.45) is 0 Å². The number of benzene rings is 2. The molecule has 7 heteroatoms. The smallest absolute Gasteiger partial charge is 0.227 e. The summed E-state index contributed by atoms with van der Waals surface area (Å²) < 4.78 is 22.1. The van der Waals surface area contributed by atoms with Gasteiger partial charge in [0, 0.05) is 26.2 Å². The number of hydrogen-bond donors (Lipinski definition) is 0. The van der Waals surface area contributed by atoms with Crippen molar-refractivity contribution in [2.45, 2.75) is 13.3 Å². The van der Waals surface area contributed by atoms with Crippen molar-refractivity contribution >= 4 is 23.1 Å². The molecule has 2 aliphatic rings. The van der Waals surface area contributed by atoms with Gasteiger partial charge in [0.25, 0.3) is 0 Å². The predicted molar refractivity (Wildman–Crippen MR) is 138 cm³/mol. The van der Waals surface area contributed by atoms with Crippen molar-refractivity contribution in [3.05, 3.63) is 52.6 Å². The Morgan fingerprint density at radius 2 is 1.54 bits per heavy atom. The number of fused-ring (bicyclic) bond motifs is 1. The van der Waals surface area contributed by atoms with Crippen molar-refractivity contribution in [3.8, 4) is 23.0 Å². The summed E-state index contributed by atoms with van der Waals surface area (Å²) in [5.41, 5.74) is 6.24. The summed E-state index contributed by atoms with van der Waals surface area (Å²) in [6, 6.07) is 9.91. The summed E-state index contributed by atoms with van der Waals surface area (Å²) in [5.74, 6) is 2.68.